The Labute approximate surface area is 155 Å². The third-order valence-electron chi connectivity index (χ3n) is 3.58. The molecule has 1 heterocycles. The van der Waals surface area contributed by atoms with E-state index in [4.69, 9.17) is 16.3 Å². The van der Waals surface area contributed by atoms with Crippen LogP contribution in [-0.4, -0.2) is 23.7 Å². The Balaban J connectivity index is 1.61. The lowest BCUT2D eigenvalue weighted by Gasteiger charge is -2.23. The first-order valence-electron chi connectivity index (χ1n) is 7.85. The van der Waals surface area contributed by atoms with Gasteiger partial charge in [-0.15, -0.1) is 11.8 Å². The van der Waals surface area contributed by atoms with E-state index in [1.807, 2.05) is 13.0 Å². The fourth-order valence-corrected chi connectivity index (χ4v) is 3.70. The first-order chi connectivity index (χ1) is 12.0. The zero-order chi connectivity index (χ0) is 17.8. The summed E-state index contributed by atoms with van der Waals surface area (Å²) < 4.78 is 5.36. The number of benzene rings is 2. The summed E-state index contributed by atoms with van der Waals surface area (Å²) in [7, 11) is 0. The number of ether oxygens (including phenoxy) is 1. The minimum absolute atomic E-state index is 0.0891. The normalized spacial score (nSPS) is 15.9. The molecule has 2 amide bonds. The molecule has 0 spiro atoms. The molecule has 7 heteroatoms. The zero-order valence-corrected chi connectivity index (χ0v) is 15.1. The zero-order valence-electron chi connectivity index (χ0n) is 13.5. The fraction of sp³-hybridized carbons (Fsp3) is 0.222. The topological polar surface area (TPSA) is 67.4 Å². The van der Waals surface area contributed by atoms with Gasteiger partial charge in [0.15, 0.2) is 0 Å². The lowest BCUT2D eigenvalue weighted by Crippen LogP contribution is -2.32. The van der Waals surface area contributed by atoms with Crippen molar-refractivity contribution in [2.75, 3.05) is 17.2 Å². The SMILES string of the molecule is CCOc1ccc(NC(=O)CC2Sc3ccc(Cl)cc3NC2=O)cc1. The second-order valence-electron chi connectivity index (χ2n) is 5.45. The molecule has 0 aliphatic carbocycles. The van der Waals surface area contributed by atoms with E-state index in [-0.39, 0.29) is 18.2 Å². The van der Waals surface area contributed by atoms with Gasteiger partial charge in [-0.1, -0.05) is 11.6 Å². The molecule has 0 fully saturated rings. The van der Waals surface area contributed by atoms with Crippen molar-refractivity contribution in [1.29, 1.82) is 0 Å². The van der Waals surface area contributed by atoms with E-state index in [2.05, 4.69) is 10.6 Å². The van der Waals surface area contributed by atoms with Crippen LogP contribution in [0.15, 0.2) is 47.4 Å². The van der Waals surface area contributed by atoms with Crippen LogP contribution in [0.4, 0.5) is 11.4 Å². The molecule has 1 unspecified atom stereocenters. The van der Waals surface area contributed by atoms with Crippen LogP contribution in [-0.2, 0) is 9.59 Å². The van der Waals surface area contributed by atoms with Crippen molar-refractivity contribution < 1.29 is 14.3 Å². The van der Waals surface area contributed by atoms with Gasteiger partial charge >= 0.3 is 0 Å². The maximum atomic E-state index is 12.2. The fourth-order valence-electron chi connectivity index (χ4n) is 2.44. The Hall–Kier alpha value is -2.18. The molecular formula is C18H17ClN2O3S. The number of halogens is 1. The number of carbonyl (C=O) groups excluding carboxylic acids is 2. The summed E-state index contributed by atoms with van der Waals surface area (Å²) in [5.74, 6) is 0.341. The smallest absolute Gasteiger partial charge is 0.238 e. The van der Waals surface area contributed by atoms with Crippen molar-refractivity contribution in [3.63, 3.8) is 0 Å². The Morgan fingerprint density at radius 1 is 1.28 bits per heavy atom. The molecule has 0 saturated carbocycles. The van der Waals surface area contributed by atoms with Gasteiger partial charge in [0.2, 0.25) is 11.8 Å². The van der Waals surface area contributed by atoms with Crippen LogP contribution in [0, 0.1) is 0 Å². The molecule has 0 aromatic heterocycles. The molecule has 1 atom stereocenters. The van der Waals surface area contributed by atoms with E-state index in [9.17, 15) is 9.59 Å². The molecule has 3 rings (SSSR count). The highest BCUT2D eigenvalue weighted by molar-refractivity contribution is 8.01. The summed E-state index contributed by atoms with van der Waals surface area (Å²) in [6.07, 6.45) is 0.0891. The molecule has 0 radical (unpaired) electrons. The molecule has 5 nitrogen and oxygen atoms in total. The van der Waals surface area contributed by atoms with Crippen LogP contribution >= 0.6 is 23.4 Å². The monoisotopic (exact) mass is 376 g/mol. The quantitative estimate of drug-likeness (QED) is 0.821. The molecule has 0 saturated heterocycles. The number of thioether (sulfide) groups is 1. The first kappa shape index (κ1) is 17.6. The minimum atomic E-state index is -0.476. The van der Waals surface area contributed by atoms with Gasteiger partial charge in [0.1, 0.15) is 5.75 Å². The van der Waals surface area contributed by atoms with Gasteiger partial charge < -0.3 is 15.4 Å². The predicted molar refractivity (Wildman–Crippen MR) is 101 cm³/mol. The maximum absolute atomic E-state index is 12.2. The van der Waals surface area contributed by atoms with Gasteiger partial charge in [-0.25, -0.2) is 0 Å². The molecule has 2 aromatic carbocycles. The number of hydrogen-bond donors (Lipinski definition) is 2. The third kappa shape index (κ3) is 4.46. The highest BCUT2D eigenvalue weighted by atomic mass is 35.5. The van der Waals surface area contributed by atoms with Gasteiger partial charge in [-0.2, -0.15) is 0 Å². The minimum Gasteiger partial charge on any atom is -0.494 e. The van der Waals surface area contributed by atoms with Gasteiger partial charge in [0.05, 0.1) is 17.5 Å². The van der Waals surface area contributed by atoms with Crippen molar-refractivity contribution in [2.45, 2.75) is 23.5 Å². The summed E-state index contributed by atoms with van der Waals surface area (Å²) in [5, 5.41) is 5.69. The number of nitrogens with one attached hydrogen (secondary N) is 2. The highest BCUT2D eigenvalue weighted by Crippen LogP contribution is 2.38. The summed E-state index contributed by atoms with van der Waals surface area (Å²) >= 11 is 7.30. The standard InChI is InChI=1S/C18H17ClN2O3S/c1-2-24-13-6-4-12(5-7-13)20-17(22)10-16-18(23)21-14-9-11(19)3-8-15(14)25-16/h3-9,16H,2,10H2,1H3,(H,20,22)(H,21,23). The molecule has 1 aliphatic heterocycles. The van der Waals surface area contributed by atoms with Crippen molar-refractivity contribution in [2.24, 2.45) is 0 Å². The summed E-state index contributed by atoms with van der Waals surface area (Å²) in [6, 6.07) is 12.4. The number of fused-ring (bicyclic) bond motifs is 1. The van der Waals surface area contributed by atoms with Crippen LogP contribution in [0.5, 0.6) is 5.75 Å². The number of carbonyl (C=O) groups is 2. The van der Waals surface area contributed by atoms with Crippen molar-refractivity contribution >= 4 is 46.6 Å². The average Bonchev–Trinajstić information content (AvgIpc) is 2.58. The van der Waals surface area contributed by atoms with E-state index in [0.717, 1.165) is 10.6 Å². The van der Waals surface area contributed by atoms with Crippen molar-refractivity contribution in [3.05, 3.63) is 47.5 Å². The molecule has 25 heavy (non-hydrogen) atoms. The van der Waals surface area contributed by atoms with Crippen molar-refractivity contribution in [1.82, 2.24) is 0 Å². The second-order valence-corrected chi connectivity index (χ2v) is 7.13. The molecule has 130 valence electrons. The first-order valence-corrected chi connectivity index (χ1v) is 9.10. The van der Waals surface area contributed by atoms with E-state index >= 15 is 0 Å². The Morgan fingerprint density at radius 3 is 2.76 bits per heavy atom. The lowest BCUT2D eigenvalue weighted by atomic mass is 10.2. The Bertz CT molecular complexity index is 795. The van der Waals surface area contributed by atoms with Gasteiger partial charge in [-0.3, -0.25) is 9.59 Å². The van der Waals surface area contributed by atoms with Crippen LogP contribution in [0.25, 0.3) is 0 Å². The van der Waals surface area contributed by atoms with Gasteiger partial charge in [0.25, 0.3) is 0 Å². The molecule has 1 aliphatic rings. The predicted octanol–water partition coefficient (Wildman–Crippen LogP) is 4.18. The average molecular weight is 377 g/mol. The number of rotatable bonds is 5. The van der Waals surface area contributed by atoms with Gasteiger partial charge in [0, 0.05) is 22.0 Å². The largest absolute Gasteiger partial charge is 0.494 e. The van der Waals surface area contributed by atoms with E-state index in [1.54, 1.807) is 36.4 Å². The molecule has 0 bridgehead atoms. The molecular weight excluding hydrogens is 360 g/mol. The molecule has 2 N–H and O–H groups in total. The third-order valence-corrected chi connectivity index (χ3v) is 5.09. The van der Waals surface area contributed by atoms with Gasteiger partial charge in [-0.05, 0) is 49.4 Å². The number of anilines is 2. The summed E-state index contributed by atoms with van der Waals surface area (Å²) in [5.41, 5.74) is 1.35. The van der Waals surface area contributed by atoms with Crippen LogP contribution in [0.2, 0.25) is 5.02 Å². The van der Waals surface area contributed by atoms with E-state index < -0.39 is 5.25 Å². The van der Waals surface area contributed by atoms with Crippen LogP contribution in [0.3, 0.4) is 0 Å². The molecule has 2 aromatic rings. The number of amides is 2. The maximum Gasteiger partial charge on any atom is 0.238 e. The summed E-state index contributed by atoms with van der Waals surface area (Å²) in [6.45, 7) is 2.50. The number of hydrogen-bond acceptors (Lipinski definition) is 4. The van der Waals surface area contributed by atoms with E-state index in [0.29, 0.717) is 23.0 Å². The Morgan fingerprint density at radius 2 is 2.04 bits per heavy atom. The van der Waals surface area contributed by atoms with Crippen LogP contribution in [0.1, 0.15) is 13.3 Å². The van der Waals surface area contributed by atoms with E-state index in [1.165, 1.54) is 11.8 Å². The second kappa shape index (κ2) is 7.80. The van der Waals surface area contributed by atoms with Crippen LogP contribution < -0.4 is 15.4 Å². The summed E-state index contributed by atoms with van der Waals surface area (Å²) in [4.78, 5) is 25.4. The lowest BCUT2D eigenvalue weighted by molar-refractivity contribution is -0.120. The van der Waals surface area contributed by atoms with Crippen molar-refractivity contribution in [3.8, 4) is 5.75 Å². The highest BCUT2D eigenvalue weighted by Gasteiger charge is 2.29. The Kier molecular flexibility index (Phi) is 5.50.